The predicted octanol–water partition coefficient (Wildman–Crippen LogP) is 4.87. The van der Waals surface area contributed by atoms with Crippen molar-refractivity contribution >= 4 is 17.7 Å². The number of ether oxygens (including phenoxy) is 1. The summed E-state index contributed by atoms with van der Waals surface area (Å²) in [5.41, 5.74) is 4.71. The van der Waals surface area contributed by atoms with Crippen LogP contribution in [0.2, 0.25) is 0 Å². The lowest BCUT2D eigenvalue weighted by atomic mass is 9.93. The van der Waals surface area contributed by atoms with Gasteiger partial charge in [0.1, 0.15) is 17.1 Å². The SMILES string of the molecule is CC(C)(C)OC(=O)Nc1cc(C(C)(C)C)on1.CC(C)(C)c1cc(N)no1. The molecule has 0 spiro atoms. The maximum Gasteiger partial charge on any atom is 0.413 e. The molecule has 0 aliphatic rings. The third-order valence-corrected chi connectivity index (χ3v) is 3.15. The molecule has 152 valence electrons. The summed E-state index contributed by atoms with van der Waals surface area (Å²) in [4.78, 5) is 11.5. The van der Waals surface area contributed by atoms with Crippen LogP contribution in [0.15, 0.2) is 21.2 Å². The minimum atomic E-state index is -0.536. The highest BCUT2D eigenvalue weighted by Crippen LogP contribution is 2.25. The summed E-state index contributed by atoms with van der Waals surface area (Å²) in [5, 5.41) is 9.88. The second-order valence-corrected chi connectivity index (χ2v) is 9.32. The first-order valence-electron chi connectivity index (χ1n) is 8.78. The van der Waals surface area contributed by atoms with E-state index in [0.29, 0.717) is 17.4 Å². The van der Waals surface area contributed by atoms with Crippen molar-refractivity contribution in [3.05, 3.63) is 23.7 Å². The average Bonchev–Trinajstić information content (AvgIpc) is 3.04. The van der Waals surface area contributed by atoms with Gasteiger partial charge in [0.05, 0.1) is 0 Å². The summed E-state index contributed by atoms with van der Waals surface area (Å²) < 4.78 is 15.2. The smallest absolute Gasteiger partial charge is 0.413 e. The van der Waals surface area contributed by atoms with Gasteiger partial charge in [0, 0.05) is 23.0 Å². The maximum atomic E-state index is 11.5. The van der Waals surface area contributed by atoms with Crippen LogP contribution in [0, 0.1) is 0 Å². The molecule has 0 bridgehead atoms. The minimum Gasteiger partial charge on any atom is -0.444 e. The molecule has 0 fully saturated rings. The molecule has 0 radical (unpaired) electrons. The van der Waals surface area contributed by atoms with E-state index in [2.05, 4.69) is 15.6 Å². The van der Waals surface area contributed by atoms with Crippen molar-refractivity contribution in [1.29, 1.82) is 0 Å². The predicted molar refractivity (Wildman–Crippen MR) is 105 cm³/mol. The van der Waals surface area contributed by atoms with Crippen LogP contribution in [-0.4, -0.2) is 22.0 Å². The summed E-state index contributed by atoms with van der Waals surface area (Å²) in [6, 6.07) is 3.45. The van der Waals surface area contributed by atoms with Crippen LogP contribution in [0.1, 0.15) is 73.8 Å². The molecule has 2 aromatic heterocycles. The molecule has 27 heavy (non-hydrogen) atoms. The highest BCUT2D eigenvalue weighted by atomic mass is 16.6. The van der Waals surface area contributed by atoms with Gasteiger partial charge >= 0.3 is 6.09 Å². The Morgan fingerprint density at radius 1 is 0.926 bits per heavy atom. The molecule has 0 aromatic carbocycles. The van der Waals surface area contributed by atoms with Gasteiger partial charge < -0.3 is 19.5 Å². The van der Waals surface area contributed by atoms with Gasteiger partial charge in [0.15, 0.2) is 11.6 Å². The number of nitrogens with two attached hydrogens (primary N) is 1. The Morgan fingerprint density at radius 3 is 1.74 bits per heavy atom. The molecular formula is C19H32N4O4. The Hall–Kier alpha value is -2.51. The number of rotatable bonds is 1. The summed E-state index contributed by atoms with van der Waals surface area (Å²) in [6.07, 6.45) is -0.536. The molecule has 0 unspecified atom stereocenters. The fraction of sp³-hybridized carbons (Fsp3) is 0.632. The molecule has 8 nitrogen and oxygen atoms in total. The van der Waals surface area contributed by atoms with E-state index in [1.54, 1.807) is 32.9 Å². The van der Waals surface area contributed by atoms with Gasteiger partial charge in [-0.3, -0.25) is 5.32 Å². The quantitative estimate of drug-likeness (QED) is 0.724. The van der Waals surface area contributed by atoms with E-state index in [-0.39, 0.29) is 10.8 Å². The second kappa shape index (κ2) is 8.02. The molecule has 0 saturated carbocycles. The second-order valence-electron chi connectivity index (χ2n) is 9.32. The van der Waals surface area contributed by atoms with Crippen molar-refractivity contribution in [2.45, 2.75) is 78.7 Å². The zero-order chi connectivity index (χ0) is 21.0. The standard InChI is InChI=1S/C12H20N2O3.C7H12N2O/c1-11(2,3)8-7-9(14-17-8)13-10(15)16-12(4,5)6;1-7(2,3)5-4-6(8)9-10-5/h7H,1-6H3,(H,13,14,15);4H,1-3H3,(H2,8,9). The van der Waals surface area contributed by atoms with E-state index in [1.807, 2.05) is 41.5 Å². The van der Waals surface area contributed by atoms with Crippen molar-refractivity contribution < 1.29 is 18.6 Å². The Balaban J connectivity index is 0.000000309. The maximum absolute atomic E-state index is 11.5. The van der Waals surface area contributed by atoms with Crippen LogP contribution in [0.5, 0.6) is 0 Å². The molecule has 0 atom stereocenters. The van der Waals surface area contributed by atoms with Crippen LogP contribution in [-0.2, 0) is 15.6 Å². The lowest BCUT2D eigenvalue weighted by molar-refractivity contribution is 0.0634. The largest absolute Gasteiger partial charge is 0.444 e. The lowest BCUT2D eigenvalue weighted by Crippen LogP contribution is -2.27. The molecule has 2 aromatic rings. The van der Waals surface area contributed by atoms with Gasteiger partial charge in [0.2, 0.25) is 0 Å². The van der Waals surface area contributed by atoms with Gasteiger partial charge in [-0.25, -0.2) is 4.79 Å². The third kappa shape index (κ3) is 8.15. The zero-order valence-corrected chi connectivity index (χ0v) is 17.8. The van der Waals surface area contributed by atoms with Crippen LogP contribution in [0.4, 0.5) is 16.4 Å². The van der Waals surface area contributed by atoms with Gasteiger partial charge in [-0.05, 0) is 20.8 Å². The Labute approximate surface area is 160 Å². The number of nitrogens with one attached hydrogen (secondary N) is 1. The number of nitrogen functional groups attached to an aromatic ring is 1. The molecule has 3 N–H and O–H groups in total. The number of hydrogen-bond donors (Lipinski definition) is 2. The Kier molecular flexibility index (Phi) is 6.69. The average molecular weight is 380 g/mol. The first-order chi connectivity index (χ1) is 12.1. The number of hydrogen-bond acceptors (Lipinski definition) is 7. The van der Waals surface area contributed by atoms with Gasteiger partial charge in [0.25, 0.3) is 0 Å². The highest BCUT2D eigenvalue weighted by Gasteiger charge is 2.22. The van der Waals surface area contributed by atoms with Crippen LogP contribution >= 0.6 is 0 Å². The normalized spacial score (nSPS) is 12.2. The van der Waals surface area contributed by atoms with Gasteiger partial charge in [-0.15, -0.1) is 0 Å². The van der Waals surface area contributed by atoms with E-state index in [1.165, 1.54) is 0 Å². The summed E-state index contributed by atoms with van der Waals surface area (Å²) in [6.45, 7) is 17.6. The molecular weight excluding hydrogens is 348 g/mol. The molecule has 0 saturated heterocycles. The fourth-order valence-electron chi connectivity index (χ4n) is 1.74. The van der Waals surface area contributed by atoms with Crippen molar-refractivity contribution in [2.75, 3.05) is 11.1 Å². The Bertz CT molecular complexity index is 743. The van der Waals surface area contributed by atoms with E-state index >= 15 is 0 Å². The van der Waals surface area contributed by atoms with Crippen molar-refractivity contribution in [2.24, 2.45) is 0 Å². The lowest BCUT2D eigenvalue weighted by Gasteiger charge is -2.18. The van der Waals surface area contributed by atoms with Gasteiger partial charge in [-0.1, -0.05) is 51.9 Å². The molecule has 0 aliphatic carbocycles. The number of nitrogens with zero attached hydrogens (tertiary/aromatic N) is 2. The topological polar surface area (TPSA) is 116 Å². The minimum absolute atomic E-state index is 0.00458. The fourth-order valence-corrected chi connectivity index (χ4v) is 1.74. The van der Waals surface area contributed by atoms with E-state index in [9.17, 15) is 4.79 Å². The third-order valence-electron chi connectivity index (χ3n) is 3.15. The number of amides is 1. The van der Waals surface area contributed by atoms with Gasteiger partial charge in [-0.2, -0.15) is 0 Å². The van der Waals surface area contributed by atoms with Crippen molar-refractivity contribution in [3.63, 3.8) is 0 Å². The monoisotopic (exact) mass is 380 g/mol. The summed E-state index contributed by atoms with van der Waals surface area (Å²) >= 11 is 0. The molecule has 2 rings (SSSR count). The first-order valence-corrected chi connectivity index (χ1v) is 8.78. The molecule has 2 heterocycles. The van der Waals surface area contributed by atoms with E-state index in [0.717, 1.165) is 5.76 Å². The highest BCUT2D eigenvalue weighted by molar-refractivity contribution is 5.83. The summed E-state index contributed by atoms with van der Waals surface area (Å²) in [5.74, 6) is 2.35. The zero-order valence-electron chi connectivity index (χ0n) is 17.8. The molecule has 0 aliphatic heterocycles. The Morgan fingerprint density at radius 2 is 1.41 bits per heavy atom. The van der Waals surface area contributed by atoms with Crippen molar-refractivity contribution in [3.8, 4) is 0 Å². The number of carbonyl (C=O) groups is 1. The number of anilines is 2. The number of carbonyl (C=O) groups excluding carboxylic acids is 1. The number of aromatic nitrogens is 2. The van der Waals surface area contributed by atoms with E-state index in [4.69, 9.17) is 19.5 Å². The van der Waals surface area contributed by atoms with Crippen LogP contribution in [0.3, 0.4) is 0 Å². The molecule has 1 amide bonds. The molecule has 8 heteroatoms. The van der Waals surface area contributed by atoms with E-state index < -0.39 is 11.7 Å². The first kappa shape index (κ1) is 22.5. The van der Waals surface area contributed by atoms with Crippen LogP contribution < -0.4 is 11.1 Å². The summed E-state index contributed by atoms with van der Waals surface area (Å²) in [7, 11) is 0. The van der Waals surface area contributed by atoms with Crippen molar-refractivity contribution in [1.82, 2.24) is 10.3 Å². The van der Waals surface area contributed by atoms with Crippen LogP contribution in [0.25, 0.3) is 0 Å².